The SMILES string of the molecule is COc1ccc(C#Cc2cccc(-c3cc4ccccc4o3)c2)cc1. The van der Waals surface area contributed by atoms with E-state index in [1.165, 1.54) is 0 Å². The molecule has 0 aliphatic heterocycles. The van der Waals surface area contributed by atoms with Gasteiger partial charge in [0.15, 0.2) is 0 Å². The van der Waals surface area contributed by atoms with Crippen LogP contribution in [0.5, 0.6) is 5.75 Å². The number of furan rings is 1. The van der Waals surface area contributed by atoms with Gasteiger partial charge < -0.3 is 9.15 Å². The number of benzene rings is 3. The van der Waals surface area contributed by atoms with Crippen molar-refractivity contribution < 1.29 is 9.15 Å². The number of rotatable bonds is 2. The first-order valence-corrected chi connectivity index (χ1v) is 8.07. The zero-order chi connectivity index (χ0) is 17.1. The van der Waals surface area contributed by atoms with Crippen LogP contribution in [0.15, 0.2) is 83.3 Å². The Morgan fingerprint density at radius 1 is 0.760 bits per heavy atom. The van der Waals surface area contributed by atoms with Crippen molar-refractivity contribution in [1.29, 1.82) is 0 Å². The number of hydrogen-bond acceptors (Lipinski definition) is 2. The van der Waals surface area contributed by atoms with E-state index in [9.17, 15) is 0 Å². The van der Waals surface area contributed by atoms with Gasteiger partial charge in [0, 0.05) is 22.1 Å². The van der Waals surface area contributed by atoms with E-state index in [4.69, 9.17) is 9.15 Å². The molecule has 0 spiro atoms. The Kier molecular flexibility index (Phi) is 3.98. The highest BCUT2D eigenvalue weighted by Crippen LogP contribution is 2.28. The second kappa shape index (κ2) is 6.59. The number of fused-ring (bicyclic) bond motifs is 1. The Balaban J connectivity index is 1.64. The zero-order valence-corrected chi connectivity index (χ0v) is 13.8. The highest BCUT2D eigenvalue weighted by Gasteiger charge is 2.05. The van der Waals surface area contributed by atoms with Gasteiger partial charge in [0.05, 0.1) is 7.11 Å². The fraction of sp³-hybridized carbons (Fsp3) is 0.0435. The standard InChI is InChI=1S/C23H16O2/c1-24-21-13-11-17(12-14-21)9-10-18-5-4-7-19(15-18)23-16-20-6-2-3-8-22(20)25-23/h2-8,11-16H,1H3. The van der Waals surface area contributed by atoms with Gasteiger partial charge in [0.1, 0.15) is 17.1 Å². The summed E-state index contributed by atoms with van der Waals surface area (Å²) in [4.78, 5) is 0. The van der Waals surface area contributed by atoms with E-state index in [1.807, 2.05) is 66.7 Å². The van der Waals surface area contributed by atoms with Crippen molar-refractivity contribution >= 4 is 11.0 Å². The van der Waals surface area contributed by atoms with Crippen LogP contribution in [0.4, 0.5) is 0 Å². The molecular formula is C23H16O2. The van der Waals surface area contributed by atoms with E-state index in [0.717, 1.165) is 39.2 Å². The molecule has 0 saturated heterocycles. The molecule has 4 rings (SSSR count). The topological polar surface area (TPSA) is 22.4 Å². The van der Waals surface area contributed by atoms with Gasteiger partial charge >= 0.3 is 0 Å². The molecule has 0 atom stereocenters. The zero-order valence-electron chi connectivity index (χ0n) is 13.8. The first-order valence-electron chi connectivity index (χ1n) is 8.07. The van der Waals surface area contributed by atoms with Gasteiger partial charge in [-0.15, -0.1) is 0 Å². The molecule has 0 radical (unpaired) electrons. The van der Waals surface area contributed by atoms with Crippen molar-refractivity contribution in [2.24, 2.45) is 0 Å². The highest BCUT2D eigenvalue weighted by atomic mass is 16.5. The van der Waals surface area contributed by atoms with Crippen LogP contribution in [-0.2, 0) is 0 Å². The van der Waals surface area contributed by atoms with Gasteiger partial charge in [-0.2, -0.15) is 0 Å². The van der Waals surface area contributed by atoms with Crippen molar-refractivity contribution in [1.82, 2.24) is 0 Å². The molecule has 0 unspecified atom stereocenters. The molecular weight excluding hydrogens is 308 g/mol. The highest BCUT2D eigenvalue weighted by molar-refractivity contribution is 5.82. The summed E-state index contributed by atoms with van der Waals surface area (Å²) in [6, 6.07) is 25.9. The Hall–Kier alpha value is -3.44. The lowest BCUT2D eigenvalue weighted by molar-refractivity contribution is 0.415. The summed E-state index contributed by atoms with van der Waals surface area (Å²) in [6.45, 7) is 0. The summed E-state index contributed by atoms with van der Waals surface area (Å²) in [5.74, 6) is 8.08. The van der Waals surface area contributed by atoms with Crippen LogP contribution in [0.2, 0.25) is 0 Å². The monoisotopic (exact) mass is 324 g/mol. The quantitative estimate of drug-likeness (QED) is 0.454. The lowest BCUT2D eigenvalue weighted by atomic mass is 10.1. The normalized spacial score (nSPS) is 10.3. The van der Waals surface area contributed by atoms with Crippen molar-refractivity contribution in [3.63, 3.8) is 0 Å². The Morgan fingerprint density at radius 2 is 1.56 bits per heavy atom. The average molecular weight is 324 g/mol. The maximum absolute atomic E-state index is 5.94. The molecule has 0 bridgehead atoms. The van der Waals surface area contributed by atoms with Crippen molar-refractivity contribution in [2.75, 3.05) is 7.11 Å². The van der Waals surface area contributed by atoms with Crippen LogP contribution in [0, 0.1) is 11.8 Å². The lowest BCUT2D eigenvalue weighted by Gasteiger charge is -1.98. The maximum Gasteiger partial charge on any atom is 0.135 e. The molecule has 2 heteroatoms. The minimum absolute atomic E-state index is 0.831. The third-order valence-electron chi connectivity index (χ3n) is 4.01. The number of ether oxygens (including phenoxy) is 1. The predicted octanol–water partition coefficient (Wildman–Crippen LogP) is 5.51. The van der Waals surface area contributed by atoms with Crippen LogP contribution in [0.3, 0.4) is 0 Å². The van der Waals surface area contributed by atoms with Crippen LogP contribution in [-0.4, -0.2) is 7.11 Å². The number of methoxy groups -OCH3 is 1. The molecule has 0 aliphatic carbocycles. The minimum atomic E-state index is 0.831. The van der Waals surface area contributed by atoms with Crippen LogP contribution in [0.1, 0.15) is 11.1 Å². The molecule has 25 heavy (non-hydrogen) atoms. The summed E-state index contributed by atoms with van der Waals surface area (Å²) in [7, 11) is 1.66. The molecule has 0 aliphatic rings. The molecule has 0 N–H and O–H groups in total. The largest absolute Gasteiger partial charge is 0.497 e. The third-order valence-corrected chi connectivity index (χ3v) is 4.01. The molecule has 0 amide bonds. The molecule has 4 aromatic rings. The molecule has 120 valence electrons. The maximum atomic E-state index is 5.94. The van der Waals surface area contributed by atoms with E-state index in [-0.39, 0.29) is 0 Å². The Labute approximate surface area is 146 Å². The van der Waals surface area contributed by atoms with Gasteiger partial charge in [-0.05, 0) is 48.5 Å². The van der Waals surface area contributed by atoms with E-state index in [0.29, 0.717) is 0 Å². The summed E-state index contributed by atoms with van der Waals surface area (Å²) in [5, 5.41) is 1.10. The van der Waals surface area contributed by atoms with E-state index < -0.39 is 0 Å². The van der Waals surface area contributed by atoms with Gasteiger partial charge in [-0.3, -0.25) is 0 Å². The van der Waals surface area contributed by atoms with Crippen LogP contribution < -0.4 is 4.74 Å². The lowest BCUT2D eigenvalue weighted by Crippen LogP contribution is -1.82. The van der Waals surface area contributed by atoms with Gasteiger partial charge in [0.2, 0.25) is 0 Å². The molecule has 1 aromatic heterocycles. The molecule has 1 heterocycles. The van der Waals surface area contributed by atoms with Gasteiger partial charge in [-0.25, -0.2) is 0 Å². The van der Waals surface area contributed by atoms with Crippen molar-refractivity contribution in [2.45, 2.75) is 0 Å². The second-order valence-corrected chi connectivity index (χ2v) is 5.71. The molecule has 3 aromatic carbocycles. The van der Waals surface area contributed by atoms with Gasteiger partial charge in [0.25, 0.3) is 0 Å². The van der Waals surface area contributed by atoms with Crippen molar-refractivity contribution in [3.8, 4) is 28.9 Å². The molecule has 0 saturated carbocycles. The fourth-order valence-electron chi connectivity index (χ4n) is 2.69. The first-order chi connectivity index (χ1) is 12.3. The summed E-state index contributed by atoms with van der Waals surface area (Å²) < 4.78 is 11.1. The van der Waals surface area contributed by atoms with Crippen LogP contribution in [0.25, 0.3) is 22.3 Å². The van der Waals surface area contributed by atoms with E-state index in [1.54, 1.807) is 7.11 Å². The first kappa shape index (κ1) is 15.1. The number of hydrogen-bond donors (Lipinski definition) is 0. The third kappa shape index (κ3) is 3.27. The summed E-state index contributed by atoms with van der Waals surface area (Å²) in [6.07, 6.45) is 0. The minimum Gasteiger partial charge on any atom is -0.497 e. The van der Waals surface area contributed by atoms with Crippen LogP contribution >= 0.6 is 0 Å². The van der Waals surface area contributed by atoms with E-state index >= 15 is 0 Å². The molecule has 0 fully saturated rings. The summed E-state index contributed by atoms with van der Waals surface area (Å²) in [5.41, 5.74) is 3.83. The fourth-order valence-corrected chi connectivity index (χ4v) is 2.69. The van der Waals surface area contributed by atoms with Gasteiger partial charge in [-0.1, -0.05) is 42.2 Å². The average Bonchev–Trinajstić information content (AvgIpc) is 3.11. The number of para-hydroxylation sites is 1. The van der Waals surface area contributed by atoms with Crippen molar-refractivity contribution in [3.05, 3.63) is 90.0 Å². The Bertz CT molecular complexity index is 1040. The second-order valence-electron chi connectivity index (χ2n) is 5.71. The predicted molar refractivity (Wildman–Crippen MR) is 101 cm³/mol. The Morgan fingerprint density at radius 3 is 2.36 bits per heavy atom. The smallest absolute Gasteiger partial charge is 0.135 e. The van der Waals surface area contributed by atoms with E-state index in [2.05, 4.69) is 24.0 Å². The molecule has 2 nitrogen and oxygen atoms in total. The summed E-state index contributed by atoms with van der Waals surface area (Å²) >= 11 is 0.